The molecule has 0 spiro atoms. The van der Waals surface area contributed by atoms with Gasteiger partial charge in [0.25, 0.3) is 0 Å². The van der Waals surface area contributed by atoms with Gasteiger partial charge in [-0.1, -0.05) is 35.8 Å². The quantitative estimate of drug-likeness (QED) is 0.895. The first-order valence-corrected chi connectivity index (χ1v) is 8.07. The topological polar surface area (TPSA) is 63.2 Å². The number of hydrogen-bond acceptors (Lipinski definition) is 4. The number of methoxy groups -OCH3 is 1. The maximum Gasteiger partial charge on any atom is 0.321 e. The largest absolute Gasteiger partial charge is 0.494 e. The van der Waals surface area contributed by atoms with Gasteiger partial charge in [-0.25, -0.2) is 9.78 Å². The minimum atomic E-state index is -0.212. The van der Waals surface area contributed by atoms with Crippen LogP contribution in [0.4, 0.5) is 9.93 Å². The van der Waals surface area contributed by atoms with Gasteiger partial charge in [-0.15, -0.1) is 0 Å². The highest BCUT2D eigenvalue weighted by molar-refractivity contribution is 7.23. The van der Waals surface area contributed by atoms with Crippen molar-refractivity contribution in [2.75, 3.05) is 12.4 Å². The van der Waals surface area contributed by atoms with Crippen molar-refractivity contribution < 1.29 is 9.53 Å². The number of fused-ring (bicyclic) bond motifs is 1. The second kappa shape index (κ2) is 6.07. The highest BCUT2D eigenvalue weighted by Gasteiger charge is 2.18. The summed E-state index contributed by atoms with van der Waals surface area (Å²) in [6.45, 7) is 0. The molecule has 2 aromatic rings. The molecule has 1 heterocycles. The molecule has 0 atom stereocenters. The van der Waals surface area contributed by atoms with Crippen molar-refractivity contribution in [1.82, 2.24) is 10.3 Å². The molecular weight excluding hydrogens is 310 g/mol. The van der Waals surface area contributed by atoms with Crippen molar-refractivity contribution >= 4 is 44.3 Å². The monoisotopic (exact) mass is 325 g/mol. The van der Waals surface area contributed by atoms with Gasteiger partial charge >= 0.3 is 6.03 Å². The molecule has 3 rings (SSSR count). The Morgan fingerprint density at radius 3 is 2.90 bits per heavy atom. The summed E-state index contributed by atoms with van der Waals surface area (Å²) in [7, 11) is 1.59. The normalized spacial score (nSPS) is 15.3. The highest BCUT2D eigenvalue weighted by atomic mass is 35.5. The van der Waals surface area contributed by atoms with E-state index in [2.05, 4.69) is 15.6 Å². The maximum absolute atomic E-state index is 12.0. The Bertz CT molecular complexity index is 668. The molecule has 21 heavy (non-hydrogen) atoms. The van der Waals surface area contributed by atoms with Gasteiger partial charge in [0, 0.05) is 6.04 Å². The molecule has 7 heteroatoms. The van der Waals surface area contributed by atoms with Crippen LogP contribution in [-0.4, -0.2) is 24.2 Å². The van der Waals surface area contributed by atoms with Crippen LogP contribution >= 0.6 is 22.9 Å². The van der Waals surface area contributed by atoms with Crippen LogP contribution in [0.5, 0.6) is 5.75 Å². The van der Waals surface area contributed by atoms with Crippen LogP contribution < -0.4 is 15.4 Å². The second-order valence-corrected chi connectivity index (χ2v) is 6.43. The van der Waals surface area contributed by atoms with Gasteiger partial charge in [0.2, 0.25) is 0 Å². The van der Waals surface area contributed by atoms with Crippen molar-refractivity contribution in [2.45, 2.75) is 31.7 Å². The molecule has 0 saturated heterocycles. The summed E-state index contributed by atoms with van der Waals surface area (Å²) in [6.07, 6.45) is 4.46. The summed E-state index contributed by atoms with van der Waals surface area (Å²) in [5.41, 5.74) is 0.672. The van der Waals surface area contributed by atoms with Gasteiger partial charge in [0.15, 0.2) is 5.13 Å². The Kier molecular flexibility index (Phi) is 4.17. The molecule has 1 aliphatic carbocycles. The third kappa shape index (κ3) is 3.06. The highest BCUT2D eigenvalue weighted by Crippen LogP contribution is 2.37. The summed E-state index contributed by atoms with van der Waals surface area (Å²) >= 11 is 7.50. The molecule has 0 bridgehead atoms. The van der Waals surface area contributed by atoms with Gasteiger partial charge in [-0.05, 0) is 25.0 Å². The second-order valence-electron chi connectivity index (χ2n) is 5.03. The summed E-state index contributed by atoms with van der Waals surface area (Å²) in [5, 5.41) is 6.87. The van der Waals surface area contributed by atoms with Gasteiger partial charge in [0.1, 0.15) is 11.3 Å². The van der Waals surface area contributed by atoms with Crippen LogP contribution in [-0.2, 0) is 0 Å². The van der Waals surface area contributed by atoms with E-state index in [0.717, 1.165) is 17.5 Å². The molecule has 0 aliphatic heterocycles. The third-order valence-electron chi connectivity index (χ3n) is 3.59. The zero-order chi connectivity index (χ0) is 14.8. The zero-order valence-corrected chi connectivity index (χ0v) is 13.2. The summed E-state index contributed by atoms with van der Waals surface area (Å²) < 4.78 is 6.08. The smallest absolute Gasteiger partial charge is 0.321 e. The summed E-state index contributed by atoms with van der Waals surface area (Å²) in [6, 6.07) is 3.60. The molecule has 1 aliphatic rings. The van der Waals surface area contributed by atoms with Crippen molar-refractivity contribution in [3.8, 4) is 5.75 Å². The molecular formula is C14H16ClN3O2S. The number of thiazole rings is 1. The number of benzene rings is 1. The van der Waals surface area contributed by atoms with Gasteiger partial charge in [-0.3, -0.25) is 5.32 Å². The Morgan fingerprint density at radius 1 is 1.43 bits per heavy atom. The molecule has 1 fully saturated rings. The Morgan fingerprint density at radius 2 is 2.19 bits per heavy atom. The summed E-state index contributed by atoms with van der Waals surface area (Å²) in [5.74, 6) is 0.648. The molecule has 1 saturated carbocycles. The van der Waals surface area contributed by atoms with Gasteiger partial charge in [0.05, 0.1) is 16.8 Å². The fraction of sp³-hybridized carbons (Fsp3) is 0.429. The number of nitrogens with one attached hydrogen (secondary N) is 2. The van der Waals surface area contributed by atoms with Gasteiger partial charge < -0.3 is 10.1 Å². The fourth-order valence-corrected chi connectivity index (χ4v) is 3.71. The standard InChI is InChI=1S/C14H16ClN3O2S/c1-20-10-7-6-9(15)12-11(10)17-14(21-12)18-13(19)16-8-4-2-3-5-8/h6-8H,2-5H2,1H3,(H2,16,17,18,19). The number of rotatable bonds is 3. The number of amides is 2. The number of aromatic nitrogens is 1. The molecule has 2 amide bonds. The van der Waals surface area contributed by atoms with Crippen molar-refractivity contribution in [3.05, 3.63) is 17.2 Å². The molecule has 5 nitrogen and oxygen atoms in total. The Labute approximate surface area is 131 Å². The lowest BCUT2D eigenvalue weighted by Gasteiger charge is -2.11. The number of hydrogen-bond donors (Lipinski definition) is 2. The van der Waals surface area contributed by atoms with Gasteiger partial charge in [-0.2, -0.15) is 0 Å². The lowest BCUT2D eigenvalue weighted by atomic mass is 10.3. The summed E-state index contributed by atoms with van der Waals surface area (Å²) in [4.78, 5) is 16.4. The number of carbonyl (C=O) groups excluding carboxylic acids is 1. The molecule has 112 valence electrons. The average molecular weight is 326 g/mol. The first kappa shape index (κ1) is 14.4. The first-order chi connectivity index (χ1) is 10.2. The van der Waals surface area contributed by atoms with Crippen LogP contribution in [0.1, 0.15) is 25.7 Å². The van der Waals surface area contributed by atoms with E-state index in [-0.39, 0.29) is 12.1 Å². The minimum Gasteiger partial charge on any atom is -0.494 e. The number of halogens is 1. The predicted octanol–water partition coefficient (Wildman–Crippen LogP) is 4.02. The SMILES string of the molecule is COc1ccc(Cl)c2sc(NC(=O)NC3CCCC3)nc12. The van der Waals surface area contributed by atoms with E-state index in [9.17, 15) is 4.79 Å². The van der Waals surface area contributed by atoms with E-state index in [4.69, 9.17) is 16.3 Å². The third-order valence-corrected chi connectivity index (χ3v) is 5.02. The van der Waals surface area contributed by atoms with Crippen molar-refractivity contribution in [1.29, 1.82) is 0 Å². The number of urea groups is 1. The van der Waals surface area contributed by atoms with E-state index < -0.39 is 0 Å². The maximum atomic E-state index is 12.0. The van der Waals surface area contributed by atoms with Crippen LogP contribution in [0.3, 0.4) is 0 Å². The van der Waals surface area contributed by atoms with Crippen molar-refractivity contribution in [3.63, 3.8) is 0 Å². The Balaban J connectivity index is 1.77. The lowest BCUT2D eigenvalue weighted by molar-refractivity contribution is 0.248. The number of anilines is 1. The fourth-order valence-electron chi connectivity index (χ4n) is 2.56. The predicted molar refractivity (Wildman–Crippen MR) is 85.6 cm³/mol. The van der Waals surface area contributed by atoms with Crippen LogP contribution in [0, 0.1) is 0 Å². The molecule has 2 N–H and O–H groups in total. The zero-order valence-electron chi connectivity index (χ0n) is 11.6. The molecule has 0 radical (unpaired) electrons. The number of ether oxygens (including phenoxy) is 1. The number of carbonyl (C=O) groups is 1. The van der Waals surface area contributed by atoms with E-state index in [1.165, 1.54) is 24.2 Å². The molecule has 0 unspecified atom stereocenters. The molecule has 1 aromatic carbocycles. The van der Waals surface area contributed by atoms with Crippen molar-refractivity contribution in [2.24, 2.45) is 0 Å². The van der Waals surface area contributed by atoms with Crippen LogP contribution in [0.15, 0.2) is 12.1 Å². The lowest BCUT2D eigenvalue weighted by Crippen LogP contribution is -2.36. The van der Waals surface area contributed by atoms with E-state index in [1.807, 2.05) is 0 Å². The van der Waals surface area contributed by atoms with E-state index >= 15 is 0 Å². The average Bonchev–Trinajstić information content (AvgIpc) is 3.09. The van der Waals surface area contributed by atoms with E-state index in [1.54, 1.807) is 19.2 Å². The minimum absolute atomic E-state index is 0.212. The molecule has 1 aromatic heterocycles. The first-order valence-electron chi connectivity index (χ1n) is 6.88. The van der Waals surface area contributed by atoms with Crippen LogP contribution in [0.25, 0.3) is 10.2 Å². The van der Waals surface area contributed by atoms with Crippen LogP contribution in [0.2, 0.25) is 5.02 Å². The number of nitrogens with zero attached hydrogens (tertiary/aromatic N) is 1. The van der Waals surface area contributed by atoms with E-state index in [0.29, 0.717) is 21.4 Å². The Hall–Kier alpha value is -1.53.